The summed E-state index contributed by atoms with van der Waals surface area (Å²) < 4.78 is 0. The van der Waals surface area contributed by atoms with Crippen molar-refractivity contribution >= 4 is 5.91 Å². The molecule has 1 aliphatic heterocycles. The van der Waals surface area contributed by atoms with E-state index in [0.29, 0.717) is 0 Å². The number of amides is 1. The fourth-order valence-electron chi connectivity index (χ4n) is 2.11. The first kappa shape index (κ1) is 13.5. The molecular weight excluding hydrogens is 200 g/mol. The zero-order valence-corrected chi connectivity index (χ0v) is 10.7. The molecule has 0 spiro atoms. The van der Waals surface area contributed by atoms with E-state index in [4.69, 9.17) is 0 Å². The Morgan fingerprint density at radius 3 is 2.88 bits per heavy atom. The summed E-state index contributed by atoms with van der Waals surface area (Å²) >= 11 is 0. The molecule has 0 bridgehead atoms. The van der Waals surface area contributed by atoms with Crippen molar-refractivity contribution < 1.29 is 4.79 Å². The van der Waals surface area contributed by atoms with Gasteiger partial charge in [0, 0.05) is 13.1 Å². The van der Waals surface area contributed by atoms with Crippen LogP contribution in [0, 0.1) is 11.8 Å². The molecule has 1 heterocycles. The zero-order valence-electron chi connectivity index (χ0n) is 10.7. The third-order valence-corrected chi connectivity index (χ3v) is 3.18. The van der Waals surface area contributed by atoms with Crippen LogP contribution in [0.5, 0.6) is 0 Å². The standard InChI is InChI=1S/C13H26N2O/c1-11(2)6-3-4-9-15-13(16)12-7-5-8-14-10-12/h11-12,14H,3-10H2,1-2H3,(H,15,16)/t12-/m0/s1. The lowest BCUT2D eigenvalue weighted by Crippen LogP contribution is -2.40. The average Bonchev–Trinajstić information content (AvgIpc) is 2.29. The van der Waals surface area contributed by atoms with Gasteiger partial charge >= 0.3 is 0 Å². The molecule has 1 atom stereocenters. The molecule has 2 N–H and O–H groups in total. The van der Waals surface area contributed by atoms with Gasteiger partial charge in [-0.05, 0) is 31.7 Å². The number of carbonyl (C=O) groups is 1. The van der Waals surface area contributed by atoms with Gasteiger partial charge in [-0.1, -0.05) is 26.7 Å². The zero-order chi connectivity index (χ0) is 11.8. The second kappa shape index (κ2) is 7.66. The number of rotatable bonds is 6. The van der Waals surface area contributed by atoms with Crippen LogP contribution in [-0.2, 0) is 4.79 Å². The molecule has 1 aliphatic rings. The Kier molecular flexibility index (Phi) is 6.46. The van der Waals surface area contributed by atoms with Gasteiger partial charge in [-0.3, -0.25) is 4.79 Å². The van der Waals surface area contributed by atoms with Crippen LogP contribution in [0.15, 0.2) is 0 Å². The maximum Gasteiger partial charge on any atom is 0.224 e. The summed E-state index contributed by atoms with van der Waals surface area (Å²) in [5.41, 5.74) is 0. The Morgan fingerprint density at radius 2 is 2.25 bits per heavy atom. The number of unbranched alkanes of at least 4 members (excludes halogenated alkanes) is 1. The van der Waals surface area contributed by atoms with E-state index in [2.05, 4.69) is 24.5 Å². The van der Waals surface area contributed by atoms with Crippen LogP contribution in [0.1, 0.15) is 46.0 Å². The fraction of sp³-hybridized carbons (Fsp3) is 0.923. The van der Waals surface area contributed by atoms with Crippen LogP contribution in [-0.4, -0.2) is 25.5 Å². The number of nitrogens with one attached hydrogen (secondary N) is 2. The second-order valence-corrected chi connectivity index (χ2v) is 5.22. The molecule has 1 rings (SSSR count). The van der Waals surface area contributed by atoms with Gasteiger partial charge in [0.05, 0.1) is 5.92 Å². The lowest BCUT2D eigenvalue weighted by atomic mass is 9.99. The van der Waals surface area contributed by atoms with Gasteiger partial charge in [-0.2, -0.15) is 0 Å². The van der Waals surface area contributed by atoms with E-state index < -0.39 is 0 Å². The molecular formula is C13H26N2O. The van der Waals surface area contributed by atoms with Crippen molar-refractivity contribution in [2.24, 2.45) is 11.8 Å². The minimum atomic E-state index is 0.207. The van der Waals surface area contributed by atoms with Gasteiger partial charge in [-0.15, -0.1) is 0 Å². The molecule has 0 radical (unpaired) electrons. The van der Waals surface area contributed by atoms with Crippen molar-refractivity contribution in [2.75, 3.05) is 19.6 Å². The third-order valence-electron chi connectivity index (χ3n) is 3.18. The molecule has 0 aromatic heterocycles. The summed E-state index contributed by atoms with van der Waals surface area (Å²) in [6, 6.07) is 0. The molecule has 0 aliphatic carbocycles. The lowest BCUT2D eigenvalue weighted by Gasteiger charge is -2.21. The summed E-state index contributed by atoms with van der Waals surface area (Å²) in [7, 11) is 0. The van der Waals surface area contributed by atoms with Crippen molar-refractivity contribution in [1.82, 2.24) is 10.6 Å². The van der Waals surface area contributed by atoms with Crippen LogP contribution in [0.4, 0.5) is 0 Å². The normalized spacial score (nSPS) is 21.1. The first-order valence-electron chi connectivity index (χ1n) is 6.68. The van der Waals surface area contributed by atoms with E-state index in [-0.39, 0.29) is 11.8 Å². The molecule has 94 valence electrons. The summed E-state index contributed by atoms with van der Waals surface area (Å²) in [6.07, 6.45) is 5.78. The van der Waals surface area contributed by atoms with Gasteiger partial charge in [0.25, 0.3) is 0 Å². The van der Waals surface area contributed by atoms with Crippen molar-refractivity contribution in [3.05, 3.63) is 0 Å². The van der Waals surface area contributed by atoms with Gasteiger partial charge in [0.2, 0.25) is 5.91 Å². The van der Waals surface area contributed by atoms with Gasteiger partial charge in [0.15, 0.2) is 0 Å². The number of hydrogen-bond donors (Lipinski definition) is 2. The SMILES string of the molecule is CC(C)CCCCNC(=O)[C@H]1CCCNC1. The maximum atomic E-state index is 11.7. The largest absolute Gasteiger partial charge is 0.356 e. The summed E-state index contributed by atoms with van der Waals surface area (Å²) in [4.78, 5) is 11.7. The Morgan fingerprint density at radius 1 is 1.44 bits per heavy atom. The highest BCUT2D eigenvalue weighted by Gasteiger charge is 2.19. The lowest BCUT2D eigenvalue weighted by molar-refractivity contribution is -0.125. The van der Waals surface area contributed by atoms with E-state index >= 15 is 0 Å². The summed E-state index contributed by atoms with van der Waals surface area (Å²) in [5.74, 6) is 1.23. The first-order chi connectivity index (χ1) is 7.70. The van der Waals surface area contributed by atoms with E-state index in [1.54, 1.807) is 0 Å². The monoisotopic (exact) mass is 226 g/mol. The molecule has 3 nitrogen and oxygen atoms in total. The molecule has 0 unspecified atom stereocenters. The van der Waals surface area contributed by atoms with Crippen LogP contribution in [0.3, 0.4) is 0 Å². The van der Waals surface area contributed by atoms with E-state index in [1.807, 2.05) is 0 Å². The second-order valence-electron chi connectivity index (χ2n) is 5.22. The van der Waals surface area contributed by atoms with Gasteiger partial charge < -0.3 is 10.6 Å². The molecule has 0 aromatic rings. The van der Waals surface area contributed by atoms with E-state index in [0.717, 1.165) is 44.8 Å². The molecule has 1 fully saturated rings. The smallest absolute Gasteiger partial charge is 0.224 e. The van der Waals surface area contributed by atoms with Gasteiger partial charge in [-0.25, -0.2) is 0 Å². The highest BCUT2D eigenvalue weighted by molar-refractivity contribution is 5.78. The van der Waals surface area contributed by atoms with Crippen molar-refractivity contribution in [2.45, 2.75) is 46.0 Å². The van der Waals surface area contributed by atoms with Crippen molar-refractivity contribution in [1.29, 1.82) is 0 Å². The molecule has 3 heteroatoms. The minimum absolute atomic E-state index is 0.207. The van der Waals surface area contributed by atoms with Crippen LogP contribution >= 0.6 is 0 Å². The fourth-order valence-corrected chi connectivity index (χ4v) is 2.11. The highest BCUT2D eigenvalue weighted by atomic mass is 16.1. The summed E-state index contributed by atoms with van der Waals surface area (Å²) in [6.45, 7) is 7.26. The Hall–Kier alpha value is -0.570. The molecule has 0 saturated carbocycles. The van der Waals surface area contributed by atoms with E-state index in [9.17, 15) is 4.79 Å². The Labute approximate surface area is 99.4 Å². The van der Waals surface area contributed by atoms with Gasteiger partial charge in [0.1, 0.15) is 0 Å². The molecule has 1 amide bonds. The average molecular weight is 226 g/mol. The topological polar surface area (TPSA) is 41.1 Å². The van der Waals surface area contributed by atoms with Crippen LogP contribution < -0.4 is 10.6 Å². The predicted molar refractivity (Wildman–Crippen MR) is 67.3 cm³/mol. The maximum absolute atomic E-state index is 11.7. The van der Waals surface area contributed by atoms with E-state index in [1.165, 1.54) is 12.8 Å². The summed E-state index contributed by atoms with van der Waals surface area (Å²) in [5, 5.41) is 6.32. The first-order valence-corrected chi connectivity index (χ1v) is 6.68. The van der Waals surface area contributed by atoms with Crippen molar-refractivity contribution in [3.63, 3.8) is 0 Å². The third kappa shape index (κ3) is 5.50. The van der Waals surface area contributed by atoms with Crippen LogP contribution in [0.2, 0.25) is 0 Å². The quantitative estimate of drug-likeness (QED) is 0.679. The minimum Gasteiger partial charge on any atom is -0.356 e. The Balaban J connectivity index is 2.01. The Bertz CT molecular complexity index is 198. The molecule has 16 heavy (non-hydrogen) atoms. The number of carbonyl (C=O) groups excluding carboxylic acids is 1. The van der Waals surface area contributed by atoms with Crippen molar-refractivity contribution in [3.8, 4) is 0 Å². The predicted octanol–water partition coefficient (Wildman–Crippen LogP) is 1.93. The molecule has 1 saturated heterocycles. The molecule has 0 aromatic carbocycles. The number of hydrogen-bond acceptors (Lipinski definition) is 2. The van der Waals surface area contributed by atoms with Crippen LogP contribution in [0.25, 0.3) is 0 Å². The highest BCUT2D eigenvalue weighted by Crippen LogP contribution is 2.10. The number of piperidine rings is 1.